The molecule has 3 aromatic heterocycles. The Bertz CT molecular complexity index is 6740. The predicted octanol–water partition coefficient (Wildman–Crippen LogP) is 32.4. The highest BCUT2D eigenvalue weighted by atomic mass is 79.9. The number of ether oxygens (including phenoxy) is 7. The number of carbonyl (C=O) groups is 5. The summed E-state index contributed by atoms with van der Waals surface area (Å²) in [6.07, 6.45) is 11.4. The Kier molecular flexibility index (Phi) is 47.8. The molecule has 3 heterocycles. The number of aromatic hydroxyl groups is 1. The SMILES string of the molecule is CCOC(=O)CCCCCOc1ccccc1Cc1sc(C)nc1-c1ccc(Br)cc1.COc1ccccc1/C=C/C(=O)c1ccc(Br)cc1.COc1ccccc1C=O.COc1ccccc1CC(Br)C(=O)c1ccc(Br)cc1.COc1ccccc1CCC(=O)c1ccc(Br)cc1.COc1ccccc1Cc1sc(C)nc1-c1ccc(Br)cc1.Cc1nc(-c2ccc(Br)cc2)c(Cc2ccccc2O)s1. The number of aromatic nitrogens is 3. The van der Waals surface area contributed by atoms with Crippen molar-refractivity contribution in [3.63, 3.8) is 0 Å². The number of para-hydroxylation sites is 7. The van der Waals surface area contributed by atoms with Crippen LogP contribution in [-0.2, 0) is 41.6 Å². The van der Waals surface area contributed by atoms with Gasteiger partial charge in [-0.15, -0.1) is 34.0 Å². The van der Waals surface area contributed by atoms with Gasteiger partial charge in [-0.25, -0.2) is 15.0 Å². The fourth-order valence-corrected chi connectivity index (χ4v) is 19.5. The highest BCUT2D eigenvalue weighted by Crippen LogP contribution is 2.38. The second-order valence-electron chi connectivity index (χ2n) is 31.5. The summed E-state index contributed by atoms with van der Waals surface area (Å²) in [4.78, 5) is 75.7. The molecule has 13 aromatic carbocycles. The number of alkyl halides is 1. The van der Waals surface area contributed by atoms with E-state index in [1.165, 1.54) is 20.2 Å². The van der Waals surface area contributed by atoms with Crippen LogP contribution in [0.15, 0.2) is 348 Å². The number of unbranched alkanes of at least 4 members (excludes halogenated alkanes) is 2. The Morgan fingerprint density at radius 2 is 0.718 bits per heavy atom. The summed E-state index contributed by atoms with van der Waals surface area (Å²) in [7, 11) is 8.16. The number of carbonyl (C=O) groups excluding carboxylic acids is 5. The summed E-state index contributed by atoms with van der Waals surface area (Å²) >= 11 is 29.2. The number of phenolic OH excluding ortho intramolecular Hbond substituents is 1. The molecular formula is C116H108Br7N3O13S3. The molecule has 142 heavy (non-hydrogen) atoms. The van der Waals surface area contributed by atoms with Crippen molar-refractivity contribution in [2.24, 2.45) is 0 Å². The number of halogens is 7. The van der Waals surface area contributed by atoms with Gasteiger partial charge in [-0.3, -0.25) is 24.0 Å². The zero-order chi connectivity index (χ0) is 102. The quantitative estimate of drug-likeness (QED) is 0.00993. The van der Waals surface area contributed by atoms with Crippen LogP contribution in [0.1, 0.15) is 143 Å². The third-order valence-electron chi connectivity index (χ3n) is 21.5. The van der Waals surface area contributed by atoms with E-state index in [2.05, 4.69) is 197 Å². The molecule has 0 bridgehead atoms. The summed E-state index contributed by atoms with van der Waals surface area (Å²) in [5.41, 5.74) is 15.4. The molecule has 732 valence electrons. The number of phenols is 1. The van der Waals surface area contributed by atoms with Crippen LogP contribution in [0.25, 0.3) is 39.8 Å². The summed E-state index contributed by atoms with van der Waals surface area (Å²) < 4.78 is 43.3. The lowest BCUT2D eigenvalue weighted by Gasteiger charge is -2.12. The molecule has 0 aliphatic heterocycles. The molecule has 16 aromatic rings. The number of allylic oxidation sites excluding steroid dienone is 1. The number of rotatable bonds is 34. The molecule has 26 heteroatoms. The molecule has 1 unspecified atom stereocenters. The summed E-state index contributed by atoms with van der Waals surface area (Å²) in [6, 6.07) is 101. The van der Waals surface area contributed by atoms with E-state index in [1.807, 2.05) is 226 Å². The molecular weight excluding hydrogens is 2300 g/mol. The highest BCUT2D eigenvalue weighted by Gasteiger charge is 2.22. The zero-order valence-corrected chi connectivity index (χ0v) is 93.4. The number of hydrogen-bond donors (Lipinski definition) is 1. The van der Waals surface area contributed by atoms with Crippen molar-refractivity contribution in [2.45, 2.75) is 96.7 Å². The number of methoxy groups -OCH3 is 5. The fraction of sp³-hybridized carbons (Fsp3) is 0.190. The van der Waals surface area contributed by atoms with Crippen molar-refractivity contribution >= 4 is 181 Å². The summed E-state index contributed by atoms with van der Waals surface area (Å²) in [6.45, 7) is 9.04. The number of esters is 1. The van der Waals surface area contributed by atoms with E-state index in [9.17, 15) is 29.1 Å². The number of benzene rings is 13. The van der Waals surface area contributed by atoms with Gasteiger partial charge in [0.05, 0.1) is 91.3 Å². The Balaban J connectivity index is 0.000000173. The van der Waals surface area contributed by atoms with Crippen LogP contribution in [0.4, 0.5) is 0 Å². The highest BCUT2D eigenvalue weighted by molar-refractivity contribution is 9.11. The van der Waals surface area contributed by atoms with Gasteiger partial charge >= 0.3 is 5.97 Å². The number of nitrogens with zero attached hydrogens (tertiary/aromatic N) is 3. The van der Waals surface area contributed by atoms with Crippen molar-refractivity contribution in [3.8, 4) is 74.0 Å². The maximum Gasteiger partial charge on any atom is 0.305 e. The average molecular weight is 2410 g/mol. The third-order valence-corrected chi connectivity index (χ3v) is 28.3. The standard InChI is InChI=1S/C25H28BrNO3S.C18H16BrNOS.C17H14BrNOS.C16H14Br2O2.C16H15BrO2.C16H13BrO2.C8H8O2/c1-3-29-24(28)11-5-4-8-16-30-22-10-7-6-9-20(22)17-23-25(27-18(2)31-23)19-12-14-21(26)15-13-19;1-12-20-18(13-7-9-15(19)10-8-13)17(22-12)11-14-5-3-4-6-16(14)21-2;1-11-19-17(12-6-8-14(18)9-7-12)16(21-11)10-13-4-2-3-5-15(13)20;1-20-15-5-3-2-4-12(15)10-14(18)16(19)11-6-8-13(17)9-7-11;2*1-19-16-5-3-2-4-13(16)8-11-15(18)12-6-9-14(17)10-7-12;1-10-8-5-3-2-4-7(8)6-9/h6-7,9-10,12-15H,3-5,8,11,16-17H2,1-2H3;3-10H,11H2,1-2H3;2-9,20H,10H2,1H3;2-9,14H,10H2,1H3;2-7,9-10H,8,11H2,1H3;2-11H,1H3;2-6H,1H3/b;;;;;11-8+;. The largest absolute Gasteiger partial charge is 0.508 e. The first-order valence-corrected chi connectivity index (χ1v) is 53.5. The van der Waals surface area contributed by atoms with Crippen LogP contribution in [0, 0.1) is 20.8 Å². The molecule has 0 fully saturated rings. The van der Waals surface area contributed by atoms with Gasteiger partial charge in [-0.1, -0.05) is 294 Å². The maximum absolute atomic E-state index is 12.4. The lowest BCUT2D eigenvalue weighted by molar-refractivity contribution is -0.143. The predicted molar refractivity (Wildman–Crippen MR) is 603 cm³/mol. The van der Waals surface area contributed by atoms with Crippen LogP contribution in [0.2, 0.25) is 0 Å². The molecule has 0 saturated carbocycles. The molecule has 16 rings (SSSR count). The minimum Gasteiger partial charge on any atom is -0.508 e. The summed E-state index contributed by atoms with van der Waals surface area (Å²) in [5, 5.41) is 13.1. The van der Waals surface area contributed by atoms with E-state index >= 15 is 0 Å². The van der Waals surface area contributed by atoms with E-state index in [4.69, 9.17) is 43.1 Å². The maximum atomic E-state index is 12.4. The van der Waals surface area contributed by atoms with Crippen LogP contribution in [0.5, 0.6) is 40.2 Å². The Hall–Kier alpha value is -11.4. The van der Waals surface area contributed by atoms with E-state index in [1.54, 1.807) is 118 Å². The van der Waals surface area contributed by atoms with Crippen molar-refractivity contribution in [3.05, 3.63) is 434 Å². The van der Waals surface area contributed by atoms with Crippen LogP contribution in [0.3, 0.4) is 0 Å². The second-order valence-corrected chi connectivity index (χ2v) is 41.9. The second kappa shape index (κ2) is 60.3. The van der Waals surface area contributed by atoms with Gasteiger partial charge < -0.3 is 38.3 Å². The molecule has 1 atom stereocenters. The minimum absolute atomic E-state index is 0.0293. The monoisotopic (exact) mass is 2400 g/mol. The minimum atomic E-state index is -0.264. The normalized spacial score (nSPS) is 10.7. The van der Waals surface area contributed by atoms with Crippen molar-refractivity contribution < 1.29 is 62.2 Å². The zero-order valence-electron chi connectivity index (χ0n) is 79.9. The Labute approximate surface area is 902 Å². The molecule has 0 radical (unpaired) electrons. The van der Waals surface area contributed by atoms with Crippen molar-refractivity contribution in [1.82, 2.24) is 15.0 Å². The lowest BCUT2D eigenvalue weighted by Crippen LogP contribution is -2.17. The number of aryl methyl sites for hydroxylation is 4. The van der Waals surface area contributed by atoms with Gasteiger partial charge in [-0.2, -0.15) is 0 Å². The Morgan fingerprint density at radius 3 is 1.15 bits per heavy atom. The number of aldehydes is 1. The van der Waals surface area contributed by atoms with E-state index < -0.39 is 0 Å². The molecule has 1 N–H and O–H groups in total. The smallest absolute Gasteiger partial charge is 0.305 e. The van der Waals surface area contributed by atoms with Gasteiger partial charge in [0.1, 0.15) is 40.2 Å². The van der Waals surface area contributed by atoms with Gasteiger partial charge in [0.25, 0.3) is 0 Å². The molecule has 0 aliphatic carbocycles. The first-order valence-electron chi connectivity index (χ1n) is 45.4. The Morgan fingerprint density at radius 1 is 0.373 bits per heavy atom. The van der Waals surface area contributed by atoms with Gasteiger partial charge in [0, 0.05) is 113 Å². The van der Waals surface area contributed by atoms with Crippen LogP contribution >= 0.6 is 146 Å². The average Bonchev–Trinajstić information content (AvgIpc) is 1.68. The first-order chi connectivity index (χ1) is 68.8. The topological polar surface area (TPSA) is 209 Å². The van der Waals surface area contributed by atoms with Crippen LogP contribution < -0.4 is 28.4 Å². The van der Waals surface area contributed by atoms with Crippen molar-refractivity contribution in [1.29, 1.82) is 0 Å². The van der Waals surface area contributed by atoms with Gasteiger partial charge in [0.2, 0.25) is 0 Å². The third kappa shape index (κ3) is 36.5. The number of hydrogen-bond acceptors (Lipinski definition) is 19. The van der Waals surface area contributed by atoms with Crippen molar-refractivity contribution in [2.75, 3.05) is 48.8 Å². The molecule has 0 aliphatic rings. The van der Waals surface area contributed by atoms with E-state index in [0.29, 0.717) is 73.5 Å². The number of Topliss-reactive ketones (excluding diaryl/α,β-unsaturated/α-hetero) is 2. The van der Waals surface area contributed by atoms with Gasteiger partial charge in [-0.05, 0) is 233 Å². The lowest BCUT2D eigenvalue weighted by atomic mass is 10.0. The summed E-state index contributed by atoms with van der Waals surface area (Å²) in [5.74, 6) is 5.28. The fourth-order valence-electron chi connectivity index (χ4n) is 14.4. The van der Waals surface area contributed by atoms with Crippen LogP contribution in [-0.4, -0.2) is 103 Å². The molecule has 0 saturated heterocycles. The molecule has 16 nitrogen and oxygen atoms in total. The molecule has 0 spiro atoms. The number of thiazole rings is 3. The number of ketones is 3. The molecule has 0 amide bonds. The van der Waals surface area contributed by atoms with E-state index in [0.717, 1.165) is 176 Å². The first kappa shape index (κ1) is 113. The van der Waals surface area contributed by atoms with Gasteiger partial charge in [0.15, 0.2) is 23.6 Å². The van der Waals surface area contributed by atoms with E-state index in [-0.39, 0.29) is 28.1 Å².